The van der Waals surface area contributed by atoms with Crippen LogP contribution in [-0.2, 0) is 28.7 Å². The second-order valence-corrected chi connectivity index (χ2v) is 19.0. The molecule has 10 atom stereocenters. The number of esters is 2. The highest BCUT2D eigenvalue weighted by Crippen LogP contribution is 2.77. The maximum Gasteiger partial charge on any atom is 0.305 e. The lowest BCUT2D eigenvalue weighted by atomic mass is 9.32. The van der Waals surface area contributed by atoms with Crippen molar-refractivity contribution in [3.63, 3.8) is 0 Å². The van der Waals surface area contributed by atoms with E-state index in [9.17, 15) is 19.2 Å². The summed E-state index contributed by atoms with van der Waals surface area (Å²) < 4.78 is 10.7. The Morgan fingerprint density at radius 2 is 1.34 bits per heavy atom. The molecule has 284 valence electrons. The number of nitrogens with one attached hydrogen (secondary N) is 1. The van der Waals surface area contributed by atoms with Crippen LogP contribution < -0.4 is 5.32 Å². The number of fused-ring (bicyclic) bond motifs is 7. The first-order valence-corrected chi connectivity index (χ1v) is 20.6. The van der Waals surface area contributed by atoms with Gasteiger partial charge in [0, 0.05) is 31.2 Å². The molecule has 5 fully saturated rings. The standard InChI is InChI=1S/C43H71NO6/c1-29(45)31-20-25-43(38(48)44-28-16-14-12-10-9-11-13-15-17-36(47)49-8)27-26-41(6)32(37(31)43)18-19-34-40(5)23-22-35(50-30(2)46)39(3,4)33(40)21-24-42(34,41)7/h31-35,37H,9-28H2,1-8H3,(H,44,48)/t31-,32+,33-,34?,35-,37+,40-,41+,42+,43-/m0/s1. The van der Waals surface area contributed by atoms with Crippen molar-refractivity contribution in [1.82, 2.24) is 5.32 Å². The minimum absolute atomic E-state index is 0.0110. The molecule has 0 spiro atoms. The molecule has 1 unspecified atom stereocenters. The van der Waals surface area contributed by atoms with Crippen molar-refractivity contribution in [2.45, 2.75) is 177 Å². The predicted octanol–water partition coefficient (Wildman–Crippen LogP) is 9.39. The number of amides is 1. The summed E-state index contributed by atoms with van der Waals surface area (Å²) in [6.07, 6.45) is 19.6. The molecular formula is C43H71NO6. The molecule has 0 aromatic carbocycles. The summed E-state index contributed by atoms with van der Waals surface area (Å²) in [5.41, 5.74) is -0.0478. The number of ketones is 1. The molecule has 7 heteroatoms. The molecular weight excluding hydrogens is 626 g/mol. The van der Waals surface area contributed by atoms with Gasteiger partial charge in [0.1, 0.15) is 11.9 Å². The van der Waals surface area contributed by atoms with E-state index in [0.717, 1.165) is 90.0 Å². The number of unbranched alkanes of at least 4 members (excludes halogenated alkanes) is 7. The average Bonchev–Trinajstić information content (AvgIpc) is 3.46. The maximum atomic E-state index is 14.3. The van der Waals surface area contributed by atoms with Crippen molar-refractivity contribution < 1.29 is 28.7 Å². The summed E-state index contributed by atoms with van der Waals surface area (Å²) in [5.74, 6) is 1.84. The van der Waals surface area contributed by atoms with Gasteiger partial charge in [-0.3, -0.25) is 19.2 Å². The zero-order chi connectivity index (χ0) is 36.5. The number of ether oxygens (including phenoxy) is 2. The summed E-state index contributed by atoms with van der Waals surface area (Å²) in [6, 6.07) is 0. The fourth-order valence-electron chi connectivity index (χ4n) is 13.8. The van der Waals surface area contributed by atoms with Crippen molar-refractivity contribution in [3.05, 3.63) is 0 Å². The molecule has 5 aliphatic rings. The van der Waals surface area contributed by atoms with Crippen LogP contribution in [0.4, 0.5) is 0 Å². The molecule has 0 aliphatic heterocycles. The van der Waals surface area contributed by atoms with Gasteiger partial charge in [0.2, 0.25) is 5.91 Å². The summed E-state index contributed by atoms with van der Waals surface area (Å²) in [7, 11) is 1.45. The third-order valence-electron chi connectivity index (χ3n) is 16.5. The Hall–Kier alpha value is -1.92. The third-order valence-corrected chi connectivity index (χ3v) is 16.5. The van der Waals surface area contributed by atoms with Crippen LogP contribution in [0.3, 0.4) is 0 Å². The van der Waals surface area contributed by atoms with Crippen LogP contribution in [-0.4, -0.2) is 43.4 Å². The molecule has 1 N–H and O–H groups in total. The number of carbonyl (C=O) groups excluding carboxylic acids is 4. The zero-order valence-corrected chi connectivity index (χ0v) is 33.1. The van der Waals surface area contributed by atoms with Gasteiger partial charge in [0.25, 0.3) is 0 Å². The minimum atomic E-state index is -0.418. The highest BCUT2D eigenvalue weighted by atomic mass is 16.5. The van der Waals surface area contributed by atoms with Gasteiger partial charge in [-0.25, -0.2) is 0 Å². The van der Waals surface area contributed by atoms with Gasteiger partial charge >= 0.3 is 11.9 Å². The predicted molar refractivity (Wildman–Crippen MR) is 197 cm³/mol. The lowest BCUT2D eigenvalue weighted by Gasteiger charge is -2.72. The Kier molecular flexibility index (Phi) is 11.9. The Labute approximate surface area is 303 Å². The van der Waals surface area contributed by atoms with Gasteiger partial charge in [-0.2, -0.15) is 0 Å². The van der Waals surface area contributed by atoms with Crippen molar-refractivity contribution in [1.29, 1.82) is 0 Å². The van der Waals surface area contributed by atoms with E-state index in [-0.39, 0.29) is 63.2 Å². The lowest BCUT2D eigenvalue weighted by Crippen LogP contribution is -2.67. The number of Topliss-reactive ketones (excluding diaryl/α,β-unsaturated/α-hetero) is 1. The number of hydrogen-bond donors (Lipinski definition) is 1. The smallest absolute Gasteiger partial charge is 0.305 e. The van der Waals surface area contributed by atoms with Gasteiger partial charge < -0.3 is 14.8 Å². The van der Waals surface area contributed by atoms with Gasteiger partial charge in [0.05, 0.1) is 12.5 Å². The average molecular weight is 698 g/mol. The lowest BCUT2D eigenvalue weighted by molar-refractivity contribution is -0.249. The van der Waals surface area contributed by atoms with Crippen molar-refractivity contribution in [2.75, 3.05) is 13.7 Å². The van der Waals surface area contributed by atoms with E-state index < -0.39 is 5.41 Å². The second-order valence-electron chi connectivity index (χ2n) is 19.0. The van der Waals surface area contributed by atoms with Crippen LogP contribution in [0.2, 0.25) is 0 Å². The van der Waals surface area contributed by atoms with E-state index in [0.29, 0.717) is 24.2 Å². The molecule has 5 saturated carbocycles. The number of rotatable bonds is 14. The quantitative estimate of drug-likeness (QED) is 0.143. The first-order chi connectivity index (χ1) is 23.6. The van der Waals surface area contributed by atoms with E-state index in [4.69, 9.17) is 9.47 Å². The van der Waals surface area contributed by atoms with E-state index >= 15 is 0 Å². The Morgan fingerprint density at radius 3 is 1.98 bits per heavy atom. The number of methoxy groups -OCH3 is 1. The first-order valence-electron chi connectivity index (χ1n) is 20.6. The van der Waals surface area contributed by atoms with Gasteiger partial charge in [-0.05, 0) is 124 Å². The number of hydrogen-bond acceptors (Lipinski definition) is 6. The molecule has 0 bridgehead atoms. The van der Waals surface area contributed by atoms with Crippen LogP contribution in [0, 0.1) is 56.7 Å². The summed E-state index contributed by atoms with van der Waals surface area (Å²) in [5, 5.41) is 3.42. The van der Waals surface area contributed by atoms with E-state index in [2.05, 4.69) is 39.9 Å². The monoisotopic (exact) mass is 698 g/mol. The molecule has 5 rings (SSSR count). The molecule has 0 saturated heterocycles. The molecule has 0 heterocycles. The van der Waals surface area contributed by atoms with Gasteiger partial charge in [-0.15, -0.1) is 0 Å². The topological polar surface area (TPSA) is 98.8 Å². The second kappa shape index (κ2) is 15.2. The molecule has 0 aromatic heterocycles. The number of carbonyl (C=O) groups is 4. The van der Waals surface area contributed by atoms with Gasteiger partial charge in [-0.1, -0.05) is 73.1 Å². The summed E-state index contributed by atoms with van der Waals surface area (Å²) in [6.45, 7) is 16.5. The molecule has 5 aliphatic carbocycles. The van der Waals surface area contributed by atoms with E-state index in [1.807, 2.05) is 0 Å². The molecule has 0 radical (unpaired) electrons. The fourth-order valence-corrected chi connectivity index (χ4v) is 13.8. The van der Waals surface area contributed by atoms with Crippen LogP contribution in [0.15, 0.2) is 0 Å². The van der Waals surface area contributed by atoms with E-state index in [1.165, 1.54) is 39.2 Å². The molecule has 50 heavy (non-hydrogen) atoms. The van der Waals surface area contributed by atoms with Crippen LogP contribution >= 0.6 is 0 Å². The minimum Gasteiger partial charge on any atom is -0.469 e. The van der Waals surface area contributed by atoms with Crippen LogP contribution in [0.1, 0.15) is 170 Å². The third kappa shape index (κ3) is 6.83. The Balaban J connectivity index is 1.23. The highest BCUT2D eigenvalue weighted by Gasteiger charge is 2.72. The highest BCUT2D eigenvalue weighted by molar-refractivity contribution is 5.87. The van der Waals surface area contributed by atoms with Gasteiger partial charge in [0.15, 0.2) is 0 Å². The van der Waals surface area contributed by atoms with Crippen molar-refractivity contribution >= 4 is 23.6 Å². The normalized spacial score (nSPS) is 40.0. The van der Waals surface area contributed by atoms with Crippen molar-refractivity contribution in [3.8, 4) is 0 Å². The Morgan fingerprint density at radius 1 is 0.680 bits per heavy atom. The summed E-state index contributed by atoms with van der Waals surface area (Å²) >= 11 is 0. The zero-order valence-electron chi connectivity index (χ0n) is 33.1. The molecule has 0 aromatic rings. The molecule has 7 nitrogen and oxygen atoms in total. The van der Waals surface area contributed by atoms with Crippen molar-refractivity contribution in [2.24, 2.45) is 56.7 Å². The van der Waals surface area contributed by atoms with Crippen LogP contribution in [0.25, 0.3) is 0 Å². The molecule has 1 amide bonds. The largest absolute Gasteiger partial charge is 0.469 e. The SMILES string of the molecule is COC(=O)CCCCCCCCCCNC(=O)[C@]12CC[C@@H](C(C)=O)[C@@H]1[C@H]1CCC3[C@@]4(C)CC[C@H](OC(C)=O)C(C)(C)[C@@H]4CC[C@@]3(C)[C@]1(C)CC2. The van der Waals surface area contributed by atoms with Crippen LogP contribution in [0.5, 0.6) is 0 Å². The summed E-state index contributed by atoms with van der Waals surface area (Å²) in [4.78, 5) is 51.0. The Bertz CT molecular complexity index is 1260. The maximum absolute atomic E-state index is 14.3. The van der Waals surface area contributed by atoms with E-state index in [1.54, 1.807) is 13.8 Å². The fraction of sp³-hybridized carbons (Fsp3) is 0.907. The first kappa shape index (κ1) is 39.3.